The normalized spacial score (nSPS) is 16.7. The molecule has 30 heavy (non-hydrogen) atoms. The highest BCUT2D eigenvalue weighted by atomic mass is 19.1. The lowest BCUT2D eigenvalue weighted by Crippen LogP contribution is -2.47. The number of fused-ring (bicyclic) bond motifs is 1. The number of nitrogens with one attached hydrogen (secondary N) is 1. The molecule has 2 N–H and O–H groups in total. The Morgan fingerprint density at radius 1 is 1.17 bits per heavy atom. The summed E-state index contributed by atoms with van der Waals surface area (Å²) in [5, 5.41) is 15.2. The molecule has 0 saturated carbocycles. The number of anilines is 1. The molecule has 1 saturated heterocycles. The molecule has 4 rings (SSSR count). The summed E-state index contributed by atoms with van der Waals surface area (Å²) in [5.41, 5.74) is 1.85. The smallest absolute Gasteiger partial charge is 0.335 e. The van der Waals surface area contributed by atoms with Crippen LogP contribution in [0.4, 0.5) is 10.1 Å². The molecule has 0 aliphatic carbocycles. The number of rotatable bonds is 7. The minimum atomic E-state index is -1.13. The molecule has 1 heterocycles. The quantitative estimate of drug-likeness (QED) is 0.584. The second-order valence-corrected chi connectivity index (χ2v) is 7.53. The number of hydrogen-bond acceptors (Lipinski definition) is 4. The first-order chi connectivity index (χ1) is 14.6. The van der Waals surface area contributed by atoms with Crippen LogP contribution >= 0.6 is 0 Å². The van der Waals surface area contributed by atoms with Gasteiger partial charge < -0.3 is 20.1 Å². The van der Waals surface area contributed by atoms with E-state index in [-0.39, 0.29) is 11.7 Å². The van der Waals surface area contributed by atoms with Crippen molar-refractivity contribution in [2.24, 2.45) is 0 Å². The maximum atomic E-state index is 13.8. The van der Waals surface area contributed by atoms with Crippen LogP contribution in [0, 0.1) is 5.82 Å². The number of ether oxygens (including phenoxy) is 1. The zero-order valence-electron chi connectivity index (χ0n) is 16.7. The van der Waals surface area contributed by atoms with Crippen molar-refractivity contribution < 1.29 is 19.0 Å². The third-order valence-corrected chi connectivity index (χ3v) is 5.46. The Morgan fingerprint density at radius 3 is 2.87 bits per heavy atom. The van der Waals surface area contributed by atoms with Crippen LogP contribution in [0.15, 0.2) is 60.7 Å². The largest absolute Gasteiger partial charge is 0.478 e. The monoisotopic (exact) mass is 408 g/mol. The van der Waals surface area contributed by atoms with Crippen LogP contribution in [0.1, 0.15) is 15.9 Å². The van der Waals surface area contributed by atoms with Gasteiger partial charge in [-0.25, -0.2) is 9.18 Å². The summed E-state index contributed by atoms with van der Waals surface area (Å²) in [7, 11) is 0. The van der Waals surface area contributed by atoms with Gasteiger partial charge in [0.25, 0.3) is 0 Å². The van der Waals surface area contributed by atoms with E-state index in [0.717, 1.165) is 19.0 Å². The lowest BCUT2D eigenvalue weighted by Gasteiger charge is -2.34. The fraction of sp³-hybridized carbons (Fsp3) is 0.292. The van der Waals surface area contributed by atoms with Crippen LogP contribution < -0.4 is 10.2 Å². The molecule has 1 atom stereocenters. The molecule has 3 aromatic carbocycles. The van der Waals surface area contributed by atoms with Crippen molar-refractivity contribution in [2.75, 3.05) is 37.7 Å². The number of hydrogen-bond donors (Lipinski definition) is 2. The van der Waals surface area contributed by atoms with Gasteiger partial charge in [0.2, 0.25) is 0 Å². The minimum absolute atomic E-state index is 0.0391. The van der Waals surface area contributed by atoms with E-state index >= 15 is 0 Å². The molecule has 5 nitrogen and oxygen atoms in total. The number of benzene rings is 3. The fourth-order valence-electron chi connectivity index (χ4n) is 3.95. The SMILES string of the molecule is O=C(O)c1cc(F)cc(N2CCOC(CNCCc3cccc4ccccc34)C2)c1. The molecule has 1 aliphatic heterocycles. The average Bonchev–Trinajstić information content (AvgIpc) is 2.76. The van der Waals surface area contributed by atoms with Crippen LogP contribution in [-0.4, -0.2) is 50.0 Å². The van der Waals surface area contributed by atoms with Crippen LogP contribution in [0.25, 0.3) is 10.8 Å². The van der Waals surface area contributed by atoms with Crippen LogP contribution in [0.3, 0.4) is 0 Å². The highest BCUT2D eigenvalue weighted by molar-refractivity contribution is 5.89. The number of nitrogens with zero attached hydrogens (tertiary/aromatic N) is 1. The summed E-state index contributed by atoms with van der Waals surface area (Å²) in [4.78, 5) is 13.2. The van der Waals surface area contributed by atoms with Crippen molar-refractivity contribution in [3.63, 3.8) is 0 Å². The van der Waals surface area contributed by atoms with Crippen molar-refractivity contribution in [3.8, 4) is 0 Å². The van der Waals surface area contributed by atoms with Gasteiger partial charge in [0.15, 0.2) is 0 Å². The van der Waals surface area contributed by atoms with Crippen molar-refractivity contribution in [1.82, 2.24) is 5.32 Å². The molecule has 1 fully saturated rings. The highest BCUT2D eigenvalue weighted by Crippen LogP contribution is 2.22. The van der Waals surface area contributed by atoms with Gasteiger partial charge in [0.1, 0.15) is 5.82 Å². The van der Waals surface area contributed by atoms with Gasteiger partial charge in [-0.2, -0.15) is 0 Å². The Morgan fingerprint density at radius 2 is 2.00 bits per heavy atom. The van der Waals surface area contributed by atoms with E-state index in [0.29, 0.717) is 31.9 Å². The number of halogens is 1. The molecular formula is C24H25FN2O3. The van der Waals surface area contributed by atoms with E-state index in [1.54, 1.807) is 0 Å². The molecular weight excluding hydrogens is 383 g/mol. The van der Waals surface area contributed by atoms with E-state index in [1.807, 2.05) is 4.90 Å². The van der Waals surface area contributed by atoms with Crippen molar-refractivity contribution in [2.45, 2.75) is 12.5 Å². The van der Waals surface area contributed by atoms with Crippen LogP contribution in [0.2, 0.25) is 0 Å². The lowest BCUT2D eigenvalue weighted by atomic mass is 10.0. The topological polar surface area (TPSA) is 61.8 Å². The molecule has 156 valence electrons. The van der Waals surface area contributed by atoms with Crippen LogP contribution in [0.5, 0.6) is 0 Å². The van der Waals surface area contributed by atoms with E-state index in [4.69, 9.17) is 9.84 Å². The van der Waals surface area contributed by atoms with E-state index in [2.05, 4.69) is 47.8 Å². The van der Waals surface area contributed by atoms with Crippen molar-refractivity contribution in [3.05, 3.63) is 77.6 Å². The Labute approximate surface area is 175 Å². The average molecular weight is 408 g/mol. The summed E-state index contributed by atoms with van der Waals surface area (Å²) in [6.45, 7) is 3.23. The molecule has 0 amide bonds. The van der Waals surface area contributed by atoms with Gasteiger partial charge in [-0.1, -0.05) is 42.5 Å². The second kappa shape index (κ2) is 9.24. The van der Waals surface area contributed by atoms with Crippen molar-refractivity contribution in [1.29, 1.82) is 0 Å². The van der Waals surface area contributed by atoms with Gasteiger partial charge in [0, 0.05) is 25.3 Å². The third-order valence-electron chi connectivity index (χ3n) is 5.46. The molecule has 1 aliphatic rings. The summed E-state index contributed by atoms with van der Waals surface area (Å²) in [6.07, 6.45) is 0.881. The molecule has 3 aromatic rings. The van der Waals surface area contributed by atoms with E-state index in [9.17, 15) is 9.18 Å². The van der Waals surface area contributed by atoms with Gasteiger partial charge in [0.05, 0.1) is 18.3 Å². The zero-order chi connectivity index (χ0) is 20.9. The maximum Gasteiger partial charge on any atom is 0.335 e. The number of carboxylic acids is 1. The summed E-state index contributed by atoms with van der Waals surface area (Å²) in [6, 6.07) is 18.7. The molecule has 0 radical (unpaired) electrons. The Bertz CT molecular complexity index is 1030. The summed E-state index contributed by atoms with van der Waals surface area (Å²) < 4.78 is 19.7. The van der Waals surface area contributed by atoms with Crippen LogP contribution in [-0.2, 0) is 11.2 Å². The van der Waals surface area contributed by atoms with Gasteiger partial charge in [-0.05, 0) is 47.5 Å². The first-order valence-corrected chi connectivity index (χ1v) is 10.2. The summed E-state index contributed by atoms with van der Waals surface area (Å²) in [5.74, 6) is -1.67. The molecule has 0 spiro atoms. The fourth-order valence-corrected chi connectivity index (χ4v) is 3.95. The second-order valence-electron chi connectivity index (χ2n) is 7.53. The molecule has 6 heteroatoms. The van der Waals surface area contributed by atoms with E-state index in [1.165, 1.54) is 28.5 Å². The number of carbonyl (C=O) groups is 1. The highest BCUT2D eigenvalue weighted by Gasteiger charge is 2.22. The van der Waals surface area contributed by atoms with Gasteiger partial charge >= 0.3 is 5.97 Å². The first kappa shape index (κ1) is 20.3. The Hall–Kier alpha value is -2.96. The lowest BCUT2D eigenvalue weighted by molar-refractivity contribution is 0.0411. The predicted molar refractivity (Wildman–Crippen MR) is 116 cm³/mol. The number of carboxylic acid groups (broad SMARTS) is 1. The third kappa shape index (κ3) is 4.78. The molecule has 0 bridgehead atoms. The minimum Gasteiger partial charge on any atom is -0.478 e. The first-order valence-electron chi connectivity index (χ1n) is 10.2. The predicted octanol–water partition coefficient (Wildman–Crippen LogP) is 3.71. The standard InChI is InChI=1S/C24H25FN2O3/c25-20-12-19(24(28)29)13-21(14-20)27-10-11-30-22(16-27)15-26-9-8-18-6-3-5-17-4-1-2-7-23(17)18/h1-7,12-14,22,26H,8-11,15-16H2,(H,28,29). The molecule has 1 unspecified atom stereocenters. The van der Waals surface area contributed by atoms with E-state index < -0.39 is 11.8 Å². The zero-order valence-corrected chi connectivity index (χ0v) is 16.7. The van der Waals surface area contributed by atoms with Crippen molar-refractivity contribution >= 4 is 22.4 Å². The summed E-state index contributed by atoms with van der Waals surface area (Å²) >= 11 is 0. The van der Waals surface area contributed by atoms with Gasteiger partial charge in [-0.15, -0.1) is 0 Å². The Balaban J connectivity index is 1.32. The van der Waals surface area contributed by atoms with Gasteiger partial charge in [-0.3, -0.25) is 0 Å². The molecule has 0 aromatic heterocycles. The number of aromatic carboxylic acids is 1. The maximum absolute atomic E-state index is 13.8. The number of morpholine rings is 1. The Kier molecular flexibility index (Phi) is 6.26.